The Hall–Kier alpha value is -0.640. The van der Waals surface area contributed by atoms with Crippen molar-refractivity contribution in [3.05, 3.63) is 55.7 Å². The van der Waals surface area contributed by atoms with E-state index in [0.29, 0.717) is 0 Å². The van der Waals surface area contributed by atoms with Crippen molar-refractivity contribution in [1.82, 2.24) is 0 Å². The van der Waals surface area contributed by atoms with E-state index < -0.39 is 0 Å². The van der Waals surface area contributed by atoms with Crippen LogP contribution >= 0.6 is 27.3 Å². The van der Waals surface area contributed by atoms with Gasteiger partial charge in [-0.05, 0) is 53.4 Å². The second kappa shape index (κ2) is 6.00. The Bertz CT molecular complexity index is 533. The Balaban J connectivity index is 2.02. The van der Waals surface area contributed by atoms with Crippen molar-refractivity contribution < 1.29 is 5.11 Å². The average molecular weight is 325 g/mol. The zero-order chi connectivity index (χ0) is 13.1. The molecular weight excluding hydrogens is 308 g/mol. The first-order valence-electron chi connectivity index (χ1n) is 6.01. The highest BCUT2D eigenvalue weighted by Crippen LogP contribution is 2.22. The van der Waals surface area contributed by atoms with Crippen molar-refractivity contribution in [3.63, 3.8) is 0 Å². The van der Waals surface area contributed by atoms with Gasteiger partial charge in [0.15, 0.2) is 0 Å². The summed E-state index contributed by atoms with van der Waals surface area (Å²) in [5.74, 6) is 0. The molecule has 0 saturated carbocycles. The van der Waals surface area contributed by atoms with Crippen molar-refractivity contribution in [2.45, 2.75) is 32.8 Å². The molecule has 0 aliphatic carbocycles. The molecule has 1 atom stereocenters. The van der Waals surface area contributed by atoms with Gasteiger partial charge >= 0.3 is 0 Å². The number of aliphatic hydroxyl groups is 1. The molecule has 0 bridgehead atoms. The lowest BCUT2D eigenvalue weighted by atomic mass is 9.99. The van der Waals surface area contributed by atoms with Gasteiger partial charge in [0.1, 0.15) is 0 Å². The Labute approximate surface area is 121 Å². The quantitative estimate of drug-likeness (QED) is 0.890. The van der Waals surface area contributed by atoms with Crippen molar-refractivity contribution in [1.29, 1.82) is 0 Å². The van der Waals surface area contributed by atoms with Gasteiger partial charge in [-0.1, -0.05) is 23.8 Å². The lowest BCUT2D eigenvalue weighted by molar-refractivity contribution is 0.176. The number of benzene rings is 1. The molecule has 1 heterocycles. The minimum Gasteiger partial charge on any atom is -0.392 e. The molecular formula is C15H17BrOS. The maximum atomic E-state index is 10.2. The van der Waals surface area contributed by atoms with Crippen LogP contribution in [-0.4, -0.2) is 11.2 Å². The number of halogens is 1. The number of aliphatic hydroxyl groups excluding tert-OH is 1. The summed E-state index contributed by atoms with van der Waals surface area (Å²) in [6.45, 7) is 4.19. The molecule has 3 heteroatoms. The van der Waals surface area contributed by atoms with E-state index in [9.17, 15) is 5.11 Å². The molecule has 0 aliphatic heterocycles. The number of hydrogen-bond donors (Lipinski definition) is 1. The molecule has 96 valence electrons. The van der Waals surface area contributed by atoms with Gasteiger partial charge in [-0.25, -0.2) is 0 Å². The summed E-state index contributed by atoms with van der Waals surface area (Å²) in [7, 11) is 0. The third-order valence-corrected chi connectivity index (χ3v) is 4.74. The first kappa shape index (κ1) is 13.8. The number of thiophene rings is 1. The van der Waals surface area contributed by atoms with Gasteiger partial charge in [0.05, 0.1) is 6.10 Å². The monoisotopic (exact) mass is 324 g/mol. The molecule has 0 saturated heterocycles. The molecule has 1 aromatic carbocycles. The predicted molar refractivity (Wildman–Crippen MR) is 81.3 cm³/mol. The second-order valence-corrected chi connectivity index (χ2v) is 6.63. The summed E-state index contributed by atoms with van der Waals surface area (Å²) in [5, 5.41) is 12.2. The predicted octanol–water partition coefficient (Wildman–Crippen LogP) is 4.27. The maximum absolute atomic E-state index is 10.2. The molecule has 1 aromatic heterocycles. The number of aryl methyl sites for hydroxylation is 2. The zero-order valence-corrected chi connectivity index (χ0v) is 13.0. The molecule has 0 radical (unpaired) electrons. The van der Waals surface area contributed by atoms with Crippen molar-refractivity contribution in [2.24, 2.45) is 0 Å². The number of hydrogen-bond acceptors (Lipinski definition) is 2. The number of rotatable bonds is 4. The van der Waals surface area contributed by atoms with Gasteiger partial charge in [0.2, 0.25) is 0 Å². The van der Waals surface area contributed by atoms with Crippen molar-refractivity contribution >= 4 is 27.3 Å². The molecule has 2 aromatic rings. The summed E-state index contributed by atoms with van der Waals surface area (Å²) in [4.78, 5) is 1.22. The van der Waals surface area contributed by atoms with Crippen LogP contribution in [0.3, 0.4) is 0 Å². The lowest BCUT2D eigenvalue weighted by Gasteiger charge is -2.12. The fourth-order valence-corrected chi connectivity index (χ4v) is 3.56. The molecule has 1 unspecified atom stereocenters. The third kappa shape index (κ3) is 3.67. The van der Waals surface area contributed by atoms with Crippen LogP contribution in [0.4, 0.5) is 0 Å². The second-order valence-electron chi connectivity index (χ2n) is 4.72. The average Bonchev–Trinajstić information content (AvgIpc) is 2.69. The van der Waals surface area contributed by atoms with E-state index in [0.717, 1.165) is 17.3 Å². The van der Waals surface area contributed by atoms with E-state index in [4.69, 9.17) is 0 Å². The van der Waals surface area contributed by atoms with Crippen LogP contribution in [-0.2, 0) is 12.8 Å². The summed E-state index contributed by atoms with van der Waals surface area (Å²) >= 11 is 5.13. The summed E-state index contributed by atoms with van der Waals surface area (Å²) in [5.41, 5.74) is 3.76. The van der Waals surface area contributed by atoms with Crippen molar-refractivity contribution in [3.8, 4) is 0 Å². The Morgan fingerprint density at radius 2 is 2.00 bits per heavy atom. The van der Waals surface area contributed by atoms with Gasteiger partial charge in [0, 0.05) is 21.2 Å². The van der Waals surface area contributed by atoms with E-state index in [-0.39, 0.29) is 6.10 Å². The van der Waals surface area contributed by atoms with Crippen molar-refractivity contribution in [2.75, 3.05) is 0 Å². The van der Waals surface area contributed by atoms with Gasteiger partial charge in [0.25, 0.3) is 0 Å². The smallest absolute Gasteiger partial charge is 0.0628 e. The van der Waals surface area contributed by atoms with E-state index in [1.165, 1.54) is 21.6 Å². The lowest BCUT2D eigenvalue weighted by Crippen LogP contribution is -2.14. The molecule has 1 N–H and O–H groups in total. The topological polar surface area (TPSA) is 20.2 Å². The van der Waals surface area contributed by atoms with E-state index in [1.807, 2.05) is 0 Å². The fraction of sp³-hybridized carbons (Fsp3) is 0.333. The Morgan fingerprint density at radius 1 is 1.22 bits per heavy atom. The third-order valence-electron chi connectivity index (χ3n) is 3.02. The van der Waals surface area contributed by atoms with Crippen LogP contribution in [0.15, 0.2) is 34.1 Å². The summed E-state index contributed by atoms with van der Waals surface area (Å²) < 4.78 is 1.10. The van der Waals surface area contributed by atoms with Crippen LogP contribution in [0.25, 0.3) is 0 Å². The Morgan fingerprint density at radius 3 is 2.67 bits per heavy atom. The van der Waals surface area contributed by atoms with Crippen LogP contribution < -0.4 is 0 Å². The largest absolute Gasteiger partial charge is 0.392 e. The molecule has 0 fully saturated rings. The first-order chi connectivity index (χ1) is 8.54. The highest BCUT2D eigenvalue weighted by Gasteiger charge is 2.10. The van der Waals surface area contributed by atoms with Crippen LogP contribution in [0.2, 0.25) is 0 Å². The minimum atomic E-state index is -0.309. The molecule has 18 heavy (non-hydrogen) atoms. The van der Waals surface area contributed by atoms with Crippen LogP contribution in [0, 0.1) is 13.8 Å². The molecule has 2 rings (SSSR count). The van der Waals surface area contributed by atoms with E-state index >= 15 is 0 Å². The molecule has 0 spiro atoms. The summed E-state index contributed by atoms with van der Waals surface area (Å²) in [6.07, 6.45) is 1.14. The van der Waals surface area contributed by atoms with E-state index in [2.05, 4.69) is 59.4 Å². The van der Waals surface area contributed by atoms with Gasteiger partial charge in [-0.15, -0.1) is 11.3 Å². The first-order valence-corrected chi connectivity index (χ1v) is 7.69. The van der Waals surface area contributed by atoms with Gasteiger partial charge in [-0.2, -0.15) is 0 Å². The van der Waals surface area contributed by atoms with Crippen LogP contribution in [0.1, 0.15) is 21.6 Å². The highest BCUT2D eigenvalue weighted by molar-refractivity contribution is 9.10. The van der Waals surface area contributed by atoms with Gasteiger partial charge in [-0.3, -0.25) is 0 Å². The molecule has 0 aliphatic rings. The summed E-state index contributed by atoms with van der Waals surface area (Å²) in [6, 6.07) is 8.49. The SMILES string of the molecule is Cc1ccc(C)c(CC(O)Cc2cc(Br)cs2)c1. The molecule has 1 nitrogen and oxygen atoms in total. The minimum absolute atomic E-state index is 0.309. The standard InChI is InChI=1S/C15H17BrOS/c1-10-3-4-11(2)12(5-10)6-14(17)8-15-7-13(16)9-18-15/h3-5,7,9,14,17H,6,8H2,1-2H3. The zero-order valence-electron chi connectivity index (χ0n) is 10.6. The normalized spacial score (nSPS) is 12.7. The highest BCUT2D eigenvalue weighted by atomic mass is 79.9. The van der Waals surface area contributed by atoms with Crippen LogP contribution in [0.5, 0.6) is 0 Å². The van der Waals surface area contributed by atoms with Gasteiger partial charge < -0.3 is 5.11 Å². The molecule has 0 amide bonds. The Kier molecular flexibility index (Phi) is 4.60. The fourth-order valence-electron chi connectivity index (χ4n) is 2.04. The maximum Gasteiger partial charge on any atom is 0.0628 e. The van der Waals surface area contributed by atoms with E-state index in [1.54, 1.807) is 11.3 Å².